The van der Waals surface area contributed by atoms with Gasteiger partial charge in [-0.2, -0.15) is 0 Å². The monoisotopic (exact) mass is 923 g/mol. The summed E-state index contributed by atoms with van der Waals surface area (Å²) in [6.45, 7) is 6.58. The molecule has 0 aliphatic heterocycles. The van der Waals surface area contributed by atoms with Crippen LogP contribution >= 0.6 is 0 Å². The lowest BCUT2D eigenvalue weighted by molar-refractivity contribution is -0.167. The normalized spacial score (nSPS) is 12.5. The van der Waals surface area contributed by atoms with E-state index in [-0.39, 0.29) is 31.1 Å². The Morgan fingerprint density at radius 1 is 0.303 bits per heavy atom. The minimum Gasteiger partial charge on any atom is -0.462 e. The summed E-state index contributed by atoms with van der Waals surface area (Å²) in [5, 5.41) is 0. The predicted octanol–water partition coefficient (Wildman–Crippen LogP) is 18.8. The van der Waals surface area contributed by atoms with Gasteiger partial charge in [-0.25, -0.2) is 0 Å². The van der Waals surface area contributed by atoms with Crippen molar-refractivity contribution in [1.29, 1.82) is 0 Å². The fourth-order valence-corrected chi connectivity index (χ4v) is 7.91. The molecule has 6 nitrogen and oxygen atoms in total. The highest BCUT2D eigenvalue weighted by Gasteiger charge is 2.19. The van der Waals surface area contributed by atoms with Gasteiger partial charge in [-0.1, -0.05) is 216 Å². The number of carbonyl (C=O) groups is 3. The Labute approximate surface area is 409 Å². The van der Waals surface area contributed by atoms with Crippen LogP contribution in [0.15, 0.2) is 60.8 Å². The summed E-state index contributed by atoms with van der Waals surface area (Å²) < 4.78 is 16.8. The Morgan fingerprint density at radius 2 is 0.545 bits per heavy atom. The molecule has 0 aliphatic rings. The molecule has 382 valence electrons. The summed E-state index contributed by atoms with van der Waals surface area (Å²) in [6, 6.07) is 0. The highest BCUT2D eigenvalue weighted by Crippen LogP contribution is 2.14. The summed E-state index contributed by atoms with van der Waals surface area (Å²) in [5.41, 5.74) is 0. The second-order valence-corrected chi connectivity index (χ2v) is 18.8. The molecule has 0 spiro atoms. The van der Waals surface area contributed by atoms with Crippen LogP contribution in [0.2, 0.25) is 0 Å². The van der Waals surface area contributed by atoms with E-state index in [2.05, 4.69) is 81.5 Å². The zero-order valence-electron chi connectivity index (χ0n) is 43.7. The molecule has 0 amide bonds. The molecule has 1 unspecified atom stereocenters. The third-order valence-electron chi connectivity index (χ3n) is 12.2. The van der Waals surface area contributed by atoms with Crippen molar-refractivity contribution in [2.75, 3.05) is 13.2 Å². The Morgan fingerprint density at radius 3 is 0.894 bits per heavy atom. The molecule has 0 rings (SSSR count). The largest absolute Gasteiger partial charge is 0.462 e. The predicted molar refractivity (Wildman–Crippen MR) is 284 cm³/mol. The van der Waals surface area contributed by atoms with Crippen molar-refractivity contribution in [3.63, 3.8) is 0 Å². The van der Waals surface area contributed by atoms with Crippen LogP contribution in [0.5, 0.6) is 0 Å². The van der Waals surface area contributed by atoms with E-state index in [9.17, 15) is 14.4 Å². The minimum atomic E-state index is -0.788. The Hall–Kier alpha value is -2.89. The van der Waals surface area contributed by atoms with Gasteiger partial charge in [-0.05, 0) is 109 Å². The average Bonchev–Trinajstić information content (AvgIpc) is 3.31. The van der Waals surface area contributed by atoms with Gasteiger partial charge in [0.15, 0.2) is 6.10 Å². The summed E-state index contributed by atoms with van der Waals surface area (Å²) in [5.74, 6) is -0.907. The molecular formula is C60H106O6. The molecule has 0 heterocycles. The molecule has 0 radical (unpaired) electrons. The maximum absolute atomic E-state index is 12.8. The van der Waals surface area contributed by atoms with E-state index in [0.717, 1.165) is 103 Å². The molecule has 0 aliphatic carbocycles. The summed E-state index contributed by atoms with van der Waals surface area (Å²) >= 11 is 0. The fourth-order valence-electron chi connectivity index (χ4n) is 7.91. The van der Waals surface area contributed by atoms with Gasteiger partial charge in [0.25, 0.3) is 0 Å². The van der Waals surface area contributed by atoms with Crippen molar-refractivity contribution >= 4 is 17.9 Å². The van der Waals surface area contributed by atoms with E-state index >= 15 is 0 Å². The number of carbonyl (C=O) groups excluding carboxylic acids is 3. The van der Waals surface area contributed by atoms with Gasteiger partial charge in [0.05, 0.1) is 0 Å². The highest BCUT2D eigenvalue weighted by atomic mass is 16.6. The van der Waals surface area contributed by atoms with E-state index in [1.807, 2.05) is 0 Å². The van der Waals surface area contributed by atoms with Gasteiger partial charge in [-0.3, -0.25) is 14.4 Å². The topological polar surface area (TPSA) is 78.9 Å². The number of ether oxygens (including phenoxy) is 3. The van der Waals surface area contributed by atoms with Gasteiger partial charge in [0.1, 0.15) is 13.2 Å². The number of unbranched alkanes of at least 4 members (excludes halogenated alkanes) is 30. The summed E-state index contributed by atoms with van der Waals surface area (Å²) in [6.07, 6.45) is 67.7. The Bertz CT molecular complexity index is 1200. The third kappa shape index (κ3) is 52.1. The fraction of sp³-hybridized carbons (Fsp3) is 0.783. The number of allylic oxidation sites excluding steroid dienone is 10. The SMILES string of the molecule is CCCCC/C=C\C/C=C\CCCCCCCC(=O)OC(COC(=O)CCCCCCC/C=C\CCCCCCCC)COC(=O)CCCCCCCCC/C=C\C/C=C\CCCCCC. The minimum absolute atomic E-state index is 0.0861. The van der Waals surface area contributed by atoms with Crippen molar-refractivity contribution < 1.29 is 28.6 Å². The zero-order valence-corrected chi connectivity index (χ0v) is 43.7. The maximum atomic E-state index is 12.8. The van der Waals surface area contributed by atoms with Crippen LogP contribution in [0.1, 0.15) is 284 Å². The first-order chi connectivity index (χ1) is 32.5. The van der Waals surface area contributed by atoms with Crippen LogP contribution in [0.3, 0.4) is 0 Å². The van der Waals surface area contributed by atoms with Gasteiger partial charge < -0.3 is 14.2 Å². The summed E-state index contributed by atoms with van der Waals surface area (Å²) in [7, 11) is 0. The van der Waals surface area contributed by atoms with Crippen LogP contribution in [0.25, 0.3) is 0 Å². The van der Waals surface area contributed by atoms with Crippen molar-refractivity contribution in [2.24, 2.45) is 0 Å². The van der Waals surface area contributed by atoms with Crippen molar-refractivity contribution in [2.45, 2.75) is 290 Å². The standard InChI is InChI=1S/C60H106O6/c1-4-7-10-13-16-19-22-25-28-29-30-33-35-38-41-44-47-50-53-59(62)65-56-57(66-60(63)54-51-48-45-42-39-36-32-27-24-21-18-15-12-9-6-3)55-64-58(61)52-49-46-43-40-37-34-31-26-23-20-17-14-11-8-5-2/h18-19,21-22,26-29,31-32,57H,4-17,20,23-25,30,33-56H2,1-3H3/b21-18-,22-19-,29-28-,31-26-,32-27-. The third-order valence-corrected chi connectivity index (χ3v) is 12.2. The molecule has 0 aromatic carbocycles. The first-order valence-corrected chi connectivity index (χ1v) is 28.3. The molecule has 0 saturated heterocycles. The van der Waals surface area contributed by atoms with Gasteiger partial charge in [-0.15, -0.1) is 0 Å². The first kappa shape index (κ1) is 63.1. The Balaban J connectivity index is 4.41. The van der Waals surface area contributed by atoms with Crippen LogP contribution in [-0.2, 0) is 28.6 Å². The zero-order chi connectivity index (χ0) is 47.9. The van der Waals surface area contributed by atoms with Crippen molar-refractivity contribution in [1.82, 2.24) is 0 Å². The molecule has 6 heteroatoms. The molecule has 0 aromatic rings. The second-order valence-electron chi connectivity index (χ2n) is 18.8. The number of rotatable bonds is 51. The smallest absolute Gasteiger partial charge is 0.306 e. The van der Waals surface area contributed by atoms with Crippen molar-refractivity contribution in [3.8, 4) is 0 Å². The van der Waals surface area contributed by atoms with E-state index < -0.39 is 6.10 Å². The van der Waals surface area contributed by atoms with E-state index in [1.165, 1.54) is 141 Å². The molecule has 0 bridgehead atoms. The maximum Gasteiger partial charge on any atom is 0.306 e. The van der Waals surface area contributed by atoms with Crippen LogP contribution in [-0.4, -0.2) is 37.2 Å². The molecule has 0 fully saturated rings. The summed E-state index contributed by atoms with van der Waals surface area (Å²) in [4.78, 5) is 38.1. The lowest BCUT2D eigenvalue weighted by Crippen LogP contribution is -2.30. The van der Waals surface area contributed by atoms with E-state index in [0.29, 0.717) is 19.3 Å². The van der Waals surface area contributed by atoms with E-state index in [1.54, 1.807) is 0 Å². The lowest BCUT2D eigenvalue weighted by atomic mass is 10.1. The molecule has 1 atom stereocenters. The first-order valence-electron chi connectivity index (χ1n) is 28.3. The molecular weight excluding hydrogens is 817 g/mol. The Kier molecular flexibility index (Phi) is 52.3. The van der Waals surface area contributed by atoms with Crippen LogP contribution < -0.4 is 0 Å². The quantitative estimate of drug-likeness (QED) is 0.0262. The van der Waals surface area contributed by atoms with Gasteiger partial charge in [0.2, 0.25) is 0 Å². The van der Waals surface area contributed by atoms with Crippen LogP contribution in [0.4, 0.5) is 0 Å². The van der Waals surface area contributed by atoms with E-state index in [4.69, 9.17) is 14.2 Å². The molecule has 0 aromatic heterocycles. The molecule has 66 heavy (non-hydrogen) atoms. The van der Waals surface area contributed by atoms with Gasteiger partial charge in [0, 0.05) is 19.3 Å². The van der Waals surface area contributed by atoms with Gasteiger partial charge >= 0.3 is 17.9 Å². The molecule has 0 saturated carbocycles. The second kappa shape index (κ2) is 54.7. The molecule has 0 N–H and O–H groups in total. The number of hydrogen-bond acceptors (Lipinski definition) is 6. The lowest BCUT2D eigenvalue weighted by Gasteiger charge is -2.18. The van der Waals surface area contributed by atoms with Crippen LogP contribution in [0, 0.1) is 0 Å². The number of hydrogen-bond donors (Lipinski definition) is 0. The average molecular weight is 924 g/mol. The highest BCUT2D eigenvalue weighted by molar-refractivity contribution is 5.71. The number of esters is 3. The van der Waals surface area contributed by atoms with Crippen molar-refractivity contribution in [3.05, 3.63) is 60.8 Å².